The monoisotopic (exact) mass is 679 g/mol. The van der Waals surface area contributed by atoms with Gasteiger partial charge >= 0.3 is 0 Å². The van der Waals surface area contributed by atoms with Gasteiger partial charge < -0.3 is 15.3 Å². The summed E-state index contributed by atoms with van der Waals surface area (Å²) in [5.41, 5.74) is 2.47. The molecule has 2 aromatic rings. The average molecular weight is 680 g/mol. The first-order valence-electron chi connectivity index (χ1n) is 21.1. The number of aliphatic hydroxyl groups excluding tert-OH is 2. The normalized spacial score (nSPS) is 47.3. The van der Waals surface area contributed by atoms with Crippen molar-refractivity contribution < 1.29 is 15.3 Å². The molecule has 0 bridgehead atoms. The summed E-state index contributed by atoms with van der Waals surface area (Å²) in [5.74, 6) is 6.49. The van der Waals surface area contributed by atoms with Crippen LogP contribution in [0.5, 0.6) is 0 Å². The molecule has 16 atom stereocenters. The van der Waals surface area contributed by atoms with Crippen molar-refractivity contribution in [2.45, 2.75) is 134 Å². The molecule has 2 aliphatic heterocycles. The molecule has 0 spiro atoms. The summed E-state index contributed by atoms with van der Waals surface area (Å²) in [5, 5.41) is 35.3. The summed E-state index contributed by atoms with van der Waals surface area (Å²) >= 11 is 0. The predicted molar refractivity (Wildman–Crippen MR) is 200 cm³/mol. The van der Waals surface area contributed by atoms with Crippen molar-refractivity contribution in [2.75, 3.05) is 13.1 Å². The Hall–Kier alpha value is -1.72. The molecule has 4 nitrogen and oxygen atoms in total. The zero-order valence-electron chi connectivity index (χ0n) is 31.0. The summed E-state index contributed by atoms with van der Waals surface area (Å²) in [7, 11) is 0. The van der Waals surface area contributed by atoms with Crippen LogP contribution in [0.1, 0.15) is 114 Å². The Kier molecular flexibility index (Phi) is 9.06. The maximum Gasteiger partial charge on any atom is 0.0805 e. The first kappa shape index (κ1) is 34.1. The van der Waals surface area contributed by atoms with E-state index in [4.69, 9.17) is 0 Å². The Balaban J connectivity index is 0.937. The molecule has 2 aromatic carbocycles. The van der Waals surface area contributed by atoms with Crippen LogP contribution >= 0.6 is 0 Å². The Labute approximate surface area is 302 Å². The molecule has 4 heteroatoms. The minimum absolute atomic E-state index is 0.154. The second kappa shape index (κ2) is 13.3. The van der Waals surface area contributed by atoms with Gasteiger partial charge in [0.25, 0.3) is 0 Å². The smallest absolute Gasteiger partial charge is 0.0805 e. The molecule has 0 radical (unpaired) electrons. The first-order valence-corrected chi connectivity index (χ1v) is 21.1. The van der Waals surface area contributed by atoms with Gasteiger partial charge in [-0.3, -0.25) is 4.90 Å². The van der Waals surface area contributed by atoms with E-state index in [2.05, 4.69) is 79.4 Å². The summed E-state index contributed by atoms with van der Waals surface area (Å²) in [6.07, 6.45) is 15.7. The van der Waals surface area contributed by atoms with Crippen LogP contribution in [-0.2, 0) is 6.42 Å². The van der Waals surface area contributed by atoms with Crippen molar-refractivity contribution in [3.05, 3.63) is 71.8 Å². The van der Waals surface area contributed by atoms with E-state index in [9.17, 15) is 15.3 Å². The van der Waals surface area contributed by atoms with Gasteiger partial charge in [0.1, 0.15) is 0 Å². The molecule has 3 N–H and O–H groups in total. The van der Waals surface area contributed by atoms with E-state index in [1.807, 2.05) is 0 Å². The number of fused-ring (bicyclic) bond motifs is 6. The predicted octanol–water partition coefficient (Wildman–Crippen LogP) is 8.49. The summed E-state index contributed by atoms with van der Waals surface area (Å²) in [6, 6.07) is 22.6. The first-order chi connectivity index (χ1) is 24.2. The Morgan fingerprint density at radius 3 is 2.32 bits per heavy atom. The molecule has 2 heterocycles. The van der Waals surface area contributed by atoms with Crippen LogP contribution in [0.4, 0.5) is 0 Å². The summed E-state index contributed by atoms with van der Waals surface area (Å²) in [6.45, 7) is 7.15. The summed E-state index contributed by atoms with van der Waals surface area (Å²) < 4.78 is 0. The average Bonchev–Trinajstić information content (AvgIpc) is 3.35. The van der Waals surface area contributed by atoms with Crippen LogP contribution in [0, 0.1) is 64.6 Å². The molecular formula is C46H65NO3. The molecule has 2 saturated heterocycles. The van der Waals surface area contributed by atoms with Gasteiger partial charge in [0.2, 0.25) is 0 Å². The highest BCUT2D eigenvalue weighted by Gasteiger charge is 2.69. The molecule has 50 heavy (non-hydrogen) atoms. The highest BCUT2D eigenvalue weighted by atomic mass is 16.3. The topological polar surface area (TPSA) is 63.9 Å². The molecule has 0 amide bonds. The van der Waals surface area contributed by atoms with Crippen molar-refractivity contribution in [2.24, 2.45) is 64.6 Å². The van der Waals surface area contributed by atoms with Crippen LogP contribution < -0.4 is 0 Å². The van der Waals surface area contributed by atoms with E-state index in [1.165, 1.54) is 75.5 Å². The third-order valence-corrected chi connectivity index (χ3v) is 17.3. The minimum atomic E-state index is -0.622. The molecule has 5 aliphatic carbocycles. The highest BCUT2D eigenvalue weighted by molar-refractivity contribution is 5.22. The zero-order chi connectivity index (χ0) is 34.2. The van der Waals surface area contributed by atoms with Crippen LogP contribution in [-0.4, -0.2) is 57.2 Å². The fraction of sp³-hybridized carbons (Fsp3) is 0.739. The molecule has 0 unspecified atom stereocenters. The number of aliphatic hydroxyl groups is 3. The van der Waals surface area contributed by atoms with Gasteiger partial charge in [-0.05, 0) is 172 Å². The highest BCUT2D eigenvalue weighted by Crippen LogP contribution is 2.72. The van der Waals surface area contributed by atoms with Crippen molar-refractivity contribution in [1.82, 2.24) is 4.90 Å². The molecule has 9 rings (SSSR count). The lowest BCUT2D eigenvalue weighted by Crippen LogP contribution is -2.67. The SMILES string of the molecule is C[C@@]1(O)[C@@H]2CC[C@H](CC[C@H](CCc3ccccc3)c3ccccc3)CN2C[C@@H]2[C@@H]3[C@H](CC[C@@H]21)[C@@H]1C[C@H](O)[C@H]2C[C@@H](O)C[C@H]4CCC[C@@H]3[C@@H]1[C@@]42C. The van der Waals surface area contributed by atoms with Gasteiger partial charge in [0.05, 0.1) is 17.8 Å². The second-order valence-electron chi connectivity index (χ2n) is 19.3. The van der Waals surface area contributed by atoms with E-state index >= 15 is 0 Å². The molecule has 272 valence electrons. The zero-order valence-corrected chi connectivity index (χ0v) is 31.0. The van der Waals surface area contributed by atoms with E-state index in [1.54, 1.807) is 0 Å². The van der Waals surface area contributed by atoms with Crippen LogP contribution in [0.15, 0.2) is 60.7 Å². The number of hydrogen-bond donors (Lipinski definition) is 3. The maximum absolute atomic E-state index is 12.6. The molecular weight excluding hydrogens is 615 g/mol. The van der Waals surface area contributed by atoms with Crippen LogP contribution in [0.25, 0.3) is 0 Å². The second-order valence-corrected chi connectivity index (χ2v) is 19.3. The van der Waals surface area contributed by atoms with Gasteiger partial charge in [-0.1, -0.05) is 74.0 Å². The van der Waals surface area contributed by atoms with Gasteiger partial charge in [0.15, 0.2) is 0 Å². The van der Waals surface area contributed by atoms with Gasteiger partial charge in [-0.2, -0.15) is 0 Å². The Bertz CT molecular complexity index is 1460. The van der Waals surface area contributed by atoms with Crippen molar-refractivity contribution in [1.29, 1.82) is 0 Å². The van der Waals surface area contributed by atoms with E-state index in [0.29, 0.717) is 59.3 Å². The number of nitrogens with zero attached hydrogens (tertiary/aromatic N) is 1. The number of aryl methyl sites for hydroxylation is 1. The lowest BCUT2D eigenvalue weighted by molar-refractivity contribution is -0.180. The molecule has 7 aliphatic rings. The molecule has 7 fully saturated rings. The van der Waals surface area contributed by atoms with Crippen molar-refractivity contribution >= 4 is 0 Å². The summed E-state index contributed by atoms with van der Waals surface area (Å²) in [4.78, 5) is 2.82. The molecule has 0 aromatic heterocycles. The maximum atomic E-state index is 12.6. The quantitative estimate of drug-likeness (QED) is 0.275. The minimum Gasteiger partial charge on any atom is -0.393 e. The van der Waals surface area contributed by atoms with Gasteiger partial charge in [-0.15, -0.1) is 0 Å². The van der Waals surface area contributed by atoms with Crippen molar-refractivity contribution in [3.8, 4) is 0 Å². The van der Waals surface area contributed by atoms with Gasteiger partial charge in [0, 0.05) is 19.1 Å². The van der Waals surface area contributed by atoms with Crippen molar-refractivity contribution in [3.63, 3.8) is 0 Å². The molecule has 5 saturated carbocycles. The van der Waals surface area contributed by atoms with Crippen LogP contribution in [0.3, 0.4) is 0 Å². The van der Waals surface area contributed by atoms with E-state index < -0.39 is 5.60 Å². The number of rotatable bonds is 7. The third-order valence-electron chi connectivity index (χ3n) is 17.3. The third kappa shape index (κ3) is 5.59. The van der Waals surface area contributed by atoms with Gasteiger partial charge in [-0.25, -0.2) is 0 Å². The van der Waals surface area contributed by atoms with E-state index in [0.717, 1.165) is 44.6 Å². The Morgan fingerprint density at radius 1 is 0.740 bits per heavy atom. The lowest BCUT2D eigenvalue weighted by Gasteiger charge is -2.60. The fourth-order valence-electron chi connectivity index (χ4n) is 15.4. The number of hydrogen-bond acceptors (Lipinski definition) is 4. The van der Waals surface area contributed by atoms with Crippen LogP contribution in [0.2, 0.25) is 0 Å². The number of piperidine rings is 2. The van der Waals surface area contributed by atoms with E-state index in [-0.39, 0.29) is 23.5 Å². The largest absolute Gasteiger partial charge is 0.393 e. The number of benzene rings is 2. The Morgan fingerprint density at radius 2 is 1.52 bits per heavy atom. The standard InChI is InChI=1S/C46H65NO3/c1-45-33-14-9-15-36-43-35(37(44(36)45)26-41(49)40(45)25-34(48)24-33)21-22-39-38(43)28-47-27-30(18-23-42(47)46(39,2)50)17-20-32(31-12-7-4-8-13-31)19-16-29-10-5-3-6-11-29/h3-8,10-13,30,32-44,48-50H,9,14-28H2,1-2H3/t30-,32-,33+,34-,35+,36-,37-,38-,39-,40+,41-,42-,43+,44-,45-,46-/m0/s1. The fourth-order valence-corrected chi connectivity index (χ4v) is 15.4. The lowest BCUT2D eigenvalue weighted by atomic mass is 9.46.